The van der Waals surface area contributed by atoms with Gasteiger partial charge in [0.1, 0.15) is 11.5 Å². The summed E-state index contributed by atoms with van der Waals surface area (Å²) in [4.78, 5) is 16.5. The summed E-state index contributed by atoms with van der Waals surface area (Å²) in [5.41, 5.74) is 2.02. The van der Waals surface area contributed by atoms with Gasteiger partial charge in [-0.1, -0.05) is 23.2 Å². The van der Waals surface area contributed by atoms with Crippen LogP contribution in [-0.2, 0) is 0 Å². The fourth-order valence-corrected chi connectivity index (χ4v) is 4.03. The highest BCUT2D eigenvalue weighted by molar-refractivity contribution is 6.36. The van der Waals surface area contributed by atoms with E-state index < -0.39 is 0 Å². The predicted molar refractivity (Wildman–Crippen MR) is 130 cm³/mol. The van der Waals surface area contributed by atoms with Crippen molar-refractivity contribution in [3.8, 4) is 22.8 Å². The van der Waals surface area contributed by atoms with Crippen molar-refractivity contribution in [2.45, 2.75) is 0 Å². The Morgan fingerprint density at radius 3 is 2.36 bits per heavy atom. The first-order valence-corrected chi connectivity index (χ1v) is 11.1. The summed E-state index contributed by atoms with van der Waals surface area (Å²) in [6.07, 6.45) is 0. The second-order valence-electron chi connectivity index (χ2n) is 7.37. The van der Waals surface area contributed by atoms with Crippen molar-refractivity contribution in [1.82, 2.24) is 15.1 Å². The van der Waals surface area contributed by atoms with Crippen molar-refractivity contribution >= 4 is 40.7 Å². The van der Waals surface area contributed by atoms with Crippen LogP contribution in [-0.4, -0.2) is 61.5 Å². The van der Waals surface area contributed by atoms with Gasteiger partial charge in [-0.3, -0.25) is 0 Å². The van der Waals surface area contributed by atoms with E-state index in [0.29, 0.717) is 59.1 Å². The summed E-state index contributed by atoms with van der Waals surface area (Å²) in [6.45, 7) is 2.37. The Labute approximate surface area is 202 Å². The second kappa shape index (κ2) is 10.1. The number of amides is 2. The van der Waals surface area contributed by atoms with Crippen LogP contribution >= 0.6 is 23.2 Å². The zero-order valence-corrected chi connectivity index (χ0v) is 19.7. The molecule has 1 aliphatic rings. The van der Waals surface area contributed by atoms with Gasteiger partial charge in [0.15, 0.2) is 5.82 Å². The third-order valence-corrected chi connectivity index (χ3v) is 5.94. The van der Waals surface area contributed by atoms with E-state index in [4.69, 9.17) is 32.7 Å². The van der Waals surface area contributed by atoms with Crippen molar-refractivity contribution in [2.75, 3.05) is 50.6 Å². The topological polar surface area (TPSA) is 79.8 Å². The number of ether oxygens (including phenoxy) is 2. The van der Waals surface area contributed by atoms with Gasteiger partial charge in [0.25, 0.3) is 0 Å². The van der Waals surface area contributed by atoms with Gasteiger partial charge in [-0.05, 0) is 48.5 Å². The van der Waals surface area contributed by atoms with Crippen LogP contribution in [0.2, 0.25) is 10.0 Å². The molecule has 0 spiro atoms. The number of rotatable bonds is 5. The van der Waals surface area contributed by atoms with Crippen LogP contribution in [0.5, 0.6) is 11.5 Å². The normalized spacial score (nSPS) is 13.6. The minimum Gasteiger partial charge on any atom is -0.497 e. The van der Waals surface area contributed by atoms with Gasteiger partial charge >= 0.3 is 6.03 Å². The fourth-order valence-electron chi connectivity index (χ4n) is 3.58. The Bertz CT molecular complexity index is 1140. The van der Waals surface area contributed by atoms with Gasteiger partial charge in [-0.25, -0.2) is 4.79 Å². The number of carbonyl (C=O) groups is 1. The molecule has 1 fully saturated rings. The number of hydrogen-bond acceptors (Lipinski definition) is 6. The molecule has 3 aromatic rings. The minimum atomic E-state index is -0.203. The lowest BCUT2D eigenvalue weighted by Gasteiger charge is -2.35. The molecule has 1 saturated heterocycles. The highest BCUT2D eigenvalue weighted by atomic mass is 35.5. The van der Waals surface area contributed by atoms with Crippen LogP contribution in [0.1, 0.15) is 0 Å². The molecule has 1 N–H and O–H groups in total. The van der Waals surface area contributed by atoms with Gasteiger partial charge in [-0.2, -0.15) is 0 Å². The number of anilines is 2. The first-order chi connectivity index (χ1) is 16.0. The molecular weight excluding hydrogens is 465 g/mol. The smallest absolute Gasteiger partial charge is 0.322 e. The third-order valence-electron chi connectivity index (χ3n) is 5.40. The zero-order valence-electron chi connectivity index (χ0n) is 18.2. The molecule has 8 nitrogen and oxygen atoms in total. The van der Waals surface area contributed by atoms with E-state index in [9.17, 15) is 4.79 Å². The number of aromatic nitrogens is 2. The molecule has 4 rings (SSSR count). The molecule has 10 heteroatoms. The molecule has 2 amide bonds. The molecule has 1 aliphatic heterocycles. The molecule has 0 radical (unpaired) electrons. The van der Waals surface area contributed by atoms with E-state index >= 15 is 0 Å². The van der Waals surface area contributed by atoms with E-state index in [1.54, 1.807) is 37.3 Å². The van der Waals surface area contributed by atoms with Crippen molar-refractivity contribution < 1.29 is 14.3 Å². The van der Waals surface area contributed by atoms with E-state index in [1.807, 2.05) is 30.3 Å². The van der Waals surface area contributed by atoms with Crippen LogP contribution < -0.4 is 19.7 Å². The summed E-state index contributed by atoms with van der Waals surface area (Å²) < 4.78 is 10.8. The molecule has 0 aliphatic carbocycles. The van der Waals surface area contributed by atoms with Gasteiger partial charge in [0, 0.05) is 36.8 Å². The van der Waals surface area contributed by atoms with Crippen LogP contribution in [0.4, 0.5) is 16.3 Å². The van der Waals surface area contributed by atoms with Gasteiger partial charge in [0.2, 0.25) is 0 Å². The number of benzene rings is 2. The number of nitrogens with one attached hydrogen (secondary N) is 1. The van der Waals surface area contributed by atoms with Crippen molar-refractivity contribution in [1.29, 1.82) is 0 Å². The van der Waals surface area contributed by atoms with Gasteiger partial charge in [0.05, 0.1) is 30.6 Å². The summed E-state index contributed by atoms with van der Waals surface area (Å²) in [6, 6.07) is 14.1. The Morgan fingerprint density at radius 1 is 0.939 bits per heavy atom. The summed E-state index contributed by atoms with van der Waals surface area (Å²) in [5, 5.41) is 12.5. The van der Waals surface area contributed by atoms with Gasteiger partial charge < -0.3 is 24.6 Å². The highest BCUT2D eigenvalue weighted by Crippen LogP contribution is 2.32. The lowest BCUT2D eigenvalue weighted by Crippen LogP contribution is -2.50. The Hall–Kier alpha value is -3.23. The molecule has 33 heavy (non-hydrogen) atoms. The van der Waals surface area contributed by atoms with Crippen LogP contribution in [0.15, 0.2) is 48.5 Å². The quantitative estimate of drug-likeness (QED) is 0.555. The molecule has 1 aromatic heterocycles. The molecule has 0 saturated carbocycles. The second-order valence-corrected chi connectivity index (χ2v) is 8.22. The average molecular weight is 488 g/mol. The molecular formula is C23H23Cl2N5O3. The van der Waals surface area contributed by atoms with Crippen LogP contribution in [0, 0.1) is 0 Å². The fraction of sp³-hybridized carbons (Fsp3) is 0.261. The number of carbonyl (C=O) groups excluding carboxylic acids is 1. The summed E-state index contributed by atoms with van der Waals surface area (Å²) >= 11 is 12.1. The van der Waals surface area contributed by atoms with Crippen molar-refractivity contribution in [2.24, 2.45) is 0 Å². The van der Waals surface area contributed by atoms with Crippen LogP contribution in [0.25, 0.3) is 11.3 Å². The molecule has 0 bridgehead atoms. The summed E-state index contributed by atoms with van der Waals surface area (Å²) in [7, 11) is 3.23. The van der Waals surface area contributed by atoms with Crippen molar-refractivity contribution in [3.63, 3.8) is 0 Å². The largest absolute Gasteiger partial charge is 0.497 e. The Morgan fingerprint density at radius 2 is 1.73 bits per heavy atom. The number of nitrogens with zero attached hydrogens (tertiary/aromatic N) is 4. The maximum absolute atomic E-state index is 12.6. The lowest BCUT2D eigenvalue weighted by atomic mass is 10.1. The average Bonchev–Trinajstić information content (AvgIpc) is 2.85. The van der Waals surface area contributed by atoms with Crippen LogP contribution in [0.3, 0.4) is 0 Å². The zero-order chi connectivity index (χ0) is 23.4. The Kier molecular flexibility index (Phi) is 7.05. The number of methoxy groups -OCH3 is 2. The number of hydrogen-bond donors (Lipinski definition) is 1. The summed E-state index contributed by atoms with van der Waals surface area (Å²) in [5.74, 6) is 2.16. The monoisotopic (exact) mass is 487 g/mol. The van der Waals surface area contributed by atoms with Gasteiger partial charge in [-0.15, -0.1) is 10.2 Å². The SMILES string of the molecule is COc1ccc(OC)c(-c2ccc(N3CCN(C(=O)Nc4ccc(Cl)cc4Cl)CC3)nn2)c1. The van der Waals surface area contributed by atoms with E-state index in [1.165, 1.54) is 0 Å². The predicted octanol–water partition coefficient (Wildman–Crippen LogP) is 4.82. The van der Waals surface area contributed by atoms with E-state index in [0.717, 1.165) is 11.4 Å². The molecule has 2 aromatic carbocycles. The maximum atomic E-state index is 12.6. The van der Waals surface area contributed by atoms with E-state index in [-0.39, 0.29) is 6.03 Å². The minimum absolute atomic E-state index is 0.203. The maximum Gasteiger partial charge on any atom is 0.322 e. The van der Waals surface area contributed by atoms with Crippen molar-refractivity contribution in [3.05, 3.63) is 58.6 Å². The molecule has 0 atom stereocenters. The lowest BCUT2D eigenvalue weighted by molar-refractivity contribution is 0.208. The first-order valence-electron chi connectivity index (χ1n) is 10.3. The van der Waals surface area contributed by atoms with E-state index in [2.05, 4.69) is 20.4 Å². The highest BCUT2D eigenvalue weighted by Gasteiger charge is 2.23. The third kappa shape index (κ3) is 5.23. The first kappa shape index (κ1) is 22.9. The molecule has 2 heterocycles. The molecule has 172 valence electrons. The number of urea groups is 1. The molecule has 0 unspecified atom stereocenters. The number of halogens is 2. The standard InChI is InChI=1S/C23H23Cl2N5O3/c1-32-16-4-7-21(33-2)17(14-16)19-6-8-22(28-27-19)29-9-11-30(12-10-29)23(31)26-20-5-3-15(24)13-18(20)25/h3-8,13-14H,9-12H2,1-2H3,(H,26,31). The number of piperazine rings is 1. The Balaban J connectivity index is 1.39.